The van der Waals surface area contributed by atoms with Gasteiger partial charge < -0.3 is 4.52 Å². The van der Waals surface area contributed by atoms with Crippen molar-refractivity contribution in [2.45, 2.75) is 19.6 Å². The van der Waals surface area contributed by atoms with Crippen LogP contribution in [0.15, 0.2) is 35.1 Å². The molecule has 1 amide bonds. The third-order valence-electron chi connectivity index (χ3n) is 2.85. The Morgan fingerprint density at radius 1 is 1.25 bits per heavy atom. The minimum atomic E-state index is -3.80. The number of carbonyl (C=O) groups is 1. The molecule has 0 unspecified atom stereocenters. The molecule has 2 aromatic rings. The third-order valence-corrected chi connectivity index (χ3v) is 4.02. The number of rotatable bonds is 4. The Morgan fingerprint density at radius 3 is 2.60 bits per heavy atom. The van der Waals surface area contributed by atoms with E-state index in [0.29, 0.717) is 5.56 Å². The summed E-state index contributed by atoms with van der Waals surface area (Å²) in [6, 6.07) is 6.44. The molecule has 6 nitrogen and oxygen atoms in total. The summed E-state index contributed by atoms with van der Waals surface area (Å²) in [5.74, 6) is -1.06. The summed E-state index contributed by atoms with van der Waals surface area (Å²) in [4.78, 5) is 11.9. The number of aromatic nitrogens is 1. The number of sulfonamides is 1. The molecule has 1 N–H and O–H groups in total. The molecule has 0 aliphatic rings. The number of hydrogen-bond donors (Lipinski definition) is 1. The van der Waals surface area contributed by atoms with E-state index in [1.165, 1.54) is 12.3 Å². The van der Waals surface area contributed by atoms with E-state index in [-0.39, 0.29) is 5.69 Å². The molecule has 0 spiro atoms. The van der Waals surface area contributed by atoms with Gasteiger partial charge in [0.1, 0.15) is 17.7 Å². The second-order valence-electron chi connectivity index (χ2n) is 4.48. The molecule has 0 aliphatic carbocycles. The fraction of sp³-hybridized carbons (Fsp3) is 0.231. The number of aryl methyl sites for hydroxylation is 2. The topological polar surface area (TPSA) is 89.3 Å². The second-order valence-corrected chi connectivity index (χ2v) is 6.20. The lowest BCUT2D eigenvalue weighted by atomic mass is 10.1. The van der Waals surface area contributed by atoms with Gasteiger partial charge in [0.2, 0.25) is 10.0 Å². The summed E-state index contributed by atoms with van der Waals surface area (Å²) in [6.07, 6.45) is 1.27. The molecule has 1 heterocycles. The molecule has 1 aromatic heterocycles. The van der Waals surface area contributed by atoms with Gasteiger partial charge in [0.25, 0.3) is 5.91 Å². The fourth-order valence-corrected chi connectivity index (χ4v) is 2.64. The first kappa shape index (κ1) is 14.3. The number of benzene rings is 1. The summed E-state index contributed by atoms with van der Waals surface area (Å²) < 4.78 is 30.2. The summed E-state index contributed by atoms with van der Waals surface area (Å²) >= 11 is 0. The highest BCUT2D eigenvalue weighted by molar-refractivity contribution is 7.89. The smallest absolute Gasteiger partial charge is 0.264 e. The SMILES string of the molecule is Cc1ccc(C(=O)NS(=O)(=O)Cc2ccon2)cc1C. The molecule has 0 aliphatic heterocycles. The van der Waals surface area contributed by atoms with E-state index in [9.17, 15) is 13.2 Å². The zero-order valence-corrected chi connectivity index (χ0v) is 11.9. The van der Waals surface area contributed by atoms with Crippen molar-refractivity contribution in [1.82, 2.24) is 9.88 Å². The molecule has 7 heteroatoms. The first-order chi connectivity index (χ1) is 9.37. The van der Waals surface area contributed by atoms with Crippen LogP contribution in [0.25, 0.3) is 0 Å². The molecule has 0 fully saturated rings. The standard InChI is InChI=1S/C13H14N2O4S/c1-9-3-4-11(7-10(9)2)13(16)15-20(17,18)8-12-5-6-19-14-12/h3-7H,8H2,1-2H3,(H,15,16). The minimum Gasteiger partial charge on any atom is -0.364 e. The van der Waals surface area contributed by atoms with Crippen molar-refractivity contribution in [1.29, 1.82) is 0 Å². The Hall–Kier alpha value is -2.15. The van der Waals surface area contributed by atoms with Crippen LogP contribution in [0.1, 0.15) is 27.2 Å². The molecule has 0 radical (unpaired) electrons. The molecule has 20 heavy (non-hydrogen) atoms. The Balaban J connectivity index is 2.12. The van der Waals surface area contributed by atoms with Gasteiger partial charge in [0.05, 0.1) is 0 Å². The van der Waals surface area contributed by atoms with Crippen LogP contribution >= 0.6 is 0 Å². The van der Waals surface area contributed by atoms with Crippen LogP contribution in [0.2, 0.25) is 0 Å². The van der Waals surface area contributed by atoms with Gasteiger partial charge in [0, 0.05) is 11.6 Å². The maximum absolute atomic E-state index is 11.9. The first-order valence-corrected chi connectivity index (χ1v) is 7.54. The Labute approximate surface area is 116 Å². The zero-order chi connectivity index (χ0) is 14.8. The van der Waals surface area contributed by atoms with Gasteiger partial charge >= 0.3 is 0 Å². The number of nitrogens with one attached hydrogen (secondary N) is 1. The van der Waals surface area contributed by atoms with E-state index in [1.54, 1.807) is 18.2 Å². The van der Waals surface area contributed by atoms with Crippen LogP contribution in [-0.4, -0.2) is 19.5 Å². The summed E-state index contributed by atoms with van der Waals surface area (Å²) in [5, 5.41) is 3.50. The quantitative estimate of drug-likeness (QED) is 0.924. The van der Waals surface area contributed by atoms with Crippen LogP contribution in [0, 0.1) is 13.8 Å². The maximum Gasteiger partial charge on any atom is 0.264 e. The van der Waals surface area contributed by atoms with Crippen LogP contribution in [-0.2, 0) is 15.8 Å². The zero-order valence-electron chi connectivity index (χ0n) is 11.1. The van der Waals surface area contributed by atoms with Crippen molar-refractivity contribution in [2.75, 3.05) is 0 Å². The van der Waals surface area contributed by atoms with Gasteiger partial charge in [-0.2, -0.15) is 0 Å². The predicted octanol–water partition coefficient (Wildman–Crippen LogP) is 1.55. The highest BCUT2D eigenvalue weighted by atomic mass is 32.2. The van der Waals surface area contributed by atoms with E-state index in [0.717, 1.165) is 11.1 Å². The molecule has 0 bridgehead atoms. The normalized spacial score (nSPS) is 11.3. The van der Waals surface area contributed by atoms with Gasteiger partial charge in [0.15, 0.2) is 0 Å². The lowest BCUT2D eigenvalue weighted by molar-refractivity contribution is 0.0981. The largest absolute Gasteiger partial charge is 0.364 e. The highest BCUT2D eigenvalue weighted by Crippen LogP contribution is 2.10. The van der Waals surface area contributed by atoms with Crippen molar-refractivity contribution in [2.24, 2.45) is 0 Å². The lowest BCUT2D eigenvalue weighted by Crippen LogP contribution is -2.31. The average molecular weight is 294 g/mol. The van der Waals surface area contributed by atoms with E-state index in [4.69, 9.17) is 0 Å². The van der Waals surface area contributed by atoms with E-state index < -0.39 is 21.7 Å². The lowest BCUT2D eigenvalue weighted by Gasteiger charge is -2.07. The van der Waals surface area contributed by atoms with Crippen molar-refractivity contribution in [3.8, 4) is 0 Å². The average Bonchev–Trinajstić information content (AvgIpc) is 2.83. The number of nitrogens with zero attached hydrogens (tertiary/aromatic N) is 1. The molecule has 2 rings (SSSR count). The molecule has 0 atom stereocenters. The van der Waals surface area contributed by atoms with Crippen molar-refractivity contribution in [3.63, 3.8) is 0 Å². The van der Waals surface area contributed by atoms with Crippen molar-refractivity contribution < 1.29 is 17.7 Å². The monoisotopic (exact) mass is 294 g/mol. The molecule has 0 saturated carbocycles. The summed E-state index contributed by atoms with van der Waals surface area (Å²) in [5.41, 5.74) is 2.50. The van der Waals surface area contributed by atoms with Gasteiger partial charge in [-0.1, -0.05) is 11.2 Å². The third kappa shape index (κ3) is 3.45. The van der Waals surface area contributed by atoms with Gasteiger partial charge in [-0.25, -0.2) is 13.1 Å². The fourth-order valence-electron chi connectivity index (χ4n) is 1.63. The predicted molar refractivity (Wildman–Crippen MR) is 72.5 cm³/mol. The molecular formula is C13H14N2O4S. The van der Waals surface area contributed by atoms with Crippen molar-refractivity contribution >= 4 is 15.9 Å². The highest BCUT2D eigenvalue weighted by Gasteiger charge is 2.18. The van der Waals surface area contributed by atoms with Crippen LogP contribution in [0.3, 0.4) is 0 Å². The van der Waals surface area contributed by atoms with Crippen LogP contribution in [0.4, 0.5) is 0 Å². The molecule has 106 valence electrons. The molecule has 0 saturated heterocycles. The maximum atomic E-state index is 11.9. The van der Waals surface area contributed by atoms with Crippen LogP contribution < -0.4 is 4.72 Å². The van der Waals surface area contributed by atoms with Gasteiger partial charge in [-0.15, -0.1) is 0 Å². The van der Waals surface area contributed by atoms with Crippen LogP contribution in [0.5, 0.6) is 0 Å². The van der Waals surface area contributed by atoms with Gasteiger partial charge in [-0.05, 0) is 37.1 Å². The Kier molecular flexibility index (Phi) is 3.89. The van der Waals surface area contributed by atoms with Gasteiger partial charge in [-0.3, -0.25) is 4.79 Å². The summed E-state index contributed by atoms with van der Waals surface area (Å²) in [7, 11) is -3.80. The summed E-state index contributed by atoms with van der Waals surface area (Å²) in [6.45, 7) is 3.77. The van der Waals surface area contributed by atoms with E-state index in [1.807, 2.05) is 18.6 Å². The molecule has 1 aromatic carbocycles. The Morgan fingerprint density at radius 2 is 2.00 bits per heavy atom. The number of amides is 1. The minimum absolute atomic E-state index is 0.241. The first-order valence-electron chi connectivity index (χ1n) is 5.89. The van der Waals surface area contributed by atoms with E-state index in [2.05, 4.69) is 9.68 Å². The Bertz CT molecular complexity index is 721. The number of carbonyl (C=O) groups excluding carboxylic acids is 1. The van der Waals surface area contributed by atoms with E-state index >= 15 is 0 Å². The van der Waals surface area contributed by atoms with Crippen molar-refractivity contribution in [3.05, 3.63) is 52.9 Å². The number of hydrogen-bond acceptors (Lipinski definition) is 5. The second kappa shape index (κ2) is 5.46. The molecular weight excluding hydrogens is 280 g/mol.